The zero-order valence-corrected chi connectivity index (χ0v) is 9.70. The number of carbonyl (C=O) groups excluding carboxylic acids is 1. The van der Waals surface area contributed by atoms with Crippen LogP contribution < -0.4 is 5.73 Å². The normalized spacial score (nSPS) is 19.7. The SMILES string of the molecule is CCCN(CCO)C(=O)C(C)(N)C1CC1. The molecule has 1 saturated carbocycles. The summed E-state index contributed by atoms with van der Waals surface area (Å²) in [6.45, 7) is 4.91. The minimum absolute atomic E-state index is 0.00644. The molecule has 4 heteroatoms. The number of nitrogens with two attached hydrogens (primary N) is 1. The number of rotatable bonds is 6. The Kier molecular flexibility index (Phi) is 4.11. The summed E-state index contributed by atoms with van der Waals surface area (Å²) in [6, 6.07) is 0. The zero-order valence-electron chi connectivity index (χ0n) is 9.70. The molecule has 1 unspecified atom stereocenters. The van der Waals surface area contributed by atoms with Gasteiger partial charge in [0.2, 0.25) is 5.91 Å². The van der Waals surface area contributed by atoms with Crippen LogP contribution >= 0.6 is 0 Å². The minimum Gasteiger partial charge on any atom is -0.395 e. The van der Waals surface area contributed by atoms with Crippen LogP contribution in [0.2, 0.25) is 0 Å². The molecule has 1 atom stereocenters. The van der Waals surface area contributed by atoms with Crippen LogP contribution in [-0.4, -0.2) is 41.1 Å². The lowest BCUT2D eigenvalue weighted by Gasteiger charge is -2.31. The molecule has 0 radical (unpaired) electrons. The Morgan fingerprint density at radius 2 is 2.13 bits per heavy atom. The molecular formula is C11H22N2O2. The summed E-state index contributed by atoms with van der Waals surface area (Å²) >= 11 is 0. The van der Waals surface area contributed by atoms with Crippen LogP contribution in [0.25, 0.3) is 0 Å². The molecule has 0 aromatic carbocycles. The smallest absolute Gasteiger partial charge is 0.242 e. The molecule has 1 aliphatic rings. The third-order valence-electron chi connectivity index (χ3n) is 3.04. The molecule has 0 aliphatic heterocycles. The lowest BCUT2D eigenvalue weighted by Crippen LogP contribution is -2.55. The van der Waals surface area contributed by atoms with Crippen molar-refractivity contribution < 1.29 is 9.90 Å². The molecule has 0 heterocycles. The van der Waals surface area contributed by atoms with Gasteiger partial charge in [-0.1, -0.05) is 6.92 Å². The summed E-state index contributed by atoms with van der Waals surface area (Å²) in [5.74, 6) is 0.323. The largest absolute Gasteiger partial charge is 0.395 e. The zero-order chi connectivity index (χ0) is 11.5. The number of hydrogen-bond acceptors (Lipinski definition) is 3. The van der Waals surface area contributed by atoms with Crippen LogP contribution in [0, 0.1) is 5.92 Å². The highest BCUT2D eigenvalue weighted by molar-refractivity contribution is 5.86. The molecule has 3 N–H and O–H groups in total. The van der Waals surface area contributed by atoms with E-state index in [9.17, 15) is 4.79 Å². The van der Waals surface area contributed by atoms with Gasteiger partial charge < -0.3 is 15.7 Å². The van der Waals surface area contributed by atoms with Gasteiger partial charge in [0.05, 0.1) is 12.1 Å². The van der Waals surface area contributed by atoms with Crippen molar-refractivity contribution in [1.29, 1.82) is 0 Å². The average Bonchev–Trinajstić information content (AvgIpc) is 2.99. The number of nitrogens with zero attached hydrogens (tertiary/aromatic N) is 1. The highest BCUT2D eigenvalue weighted by Crippen LogP contribution is 2.38. The summed E-state index contributed by atoms with van der Waals surface area (Å²) in [5.41, 5.74) is 5.32. The fraction of sp³-hybridized carbons (Fsp3) is 0.909. The Balaban J connectivity index is 2.60. The molecule has 0 saturated heterocycles. The molecule has 0 aromatic heterocycles. The summed E-state index contributed by atoms with van der Waals surface area (Å²) in [4.78, 5) is 13.8. The summed E-state index contributed by atoms with van der Waals surface area (Å²) in [5, 5.41) is 8.90. The molecular weight excluding hydrogens is 192 g/mol. The lowest BCUT2D eigenvalue weighted by atomic mass is 9.95. The van der Waals surface area contributed by atoms with E-state index in [2.05, 4.69) is 0 Å². The van der Waals surface area contributed by atoms with E-state index >= 15 is 0 Å². The first-order valence-corrected chi connectivity index (χ1v) is 5.73. The standard InChI is InChI=1S/C11H22N2O2/c1-3-6-13(7-8-14)10(15)11(2,12)9-4-5-9/h9,14H,3-8,12H2,1-2H3. The fourth-order valence-electron chi connectivity index (χ4n) is 1.90. The van der Waals surface area contributed by atoms with Crippen molar-refractivity contribution >= 4 is 5.91 Å². The Morgan fingerprint density at radius 3 is 2.53 bits per heavy atom. The van der Waals surface area contributed by atoms with E-state index in [-0.39, 0.29) is 12.5 Å². The molecule has 15 heavy (non-hydrogen) atoms. The maximum atomic E-state index is 12.1. The van der Waals surface area contributed by atoms with Crippen molar-refractivity contribution in [3.63, 3.8) is 0 Å². The van der Waals surface area contributed by atoms with Crippen LogP contribution in [0.3, 0.4) is 0 Å². The maximum Gasteiger partial charge on any atom is 0.242 e. The summed E-state index contributed by atoms with van der Waals surface area (Å²) < 4.78 is 0. The molecule has 1 aliphatic carbocycles. The van der Waals surface area contributed by atoms with Gasteiger partial charge in [0.1, 0.15) is 0 Å². The monoisotopic (exact) mass is 214 g/mol. The van der Waals surface area contributed by atoms with Crippen LogP contribution in [0.4, 0.5) is 0 Å². The van der Waals surface area contributed by atoms with E-state index in [4.69, 9.17) is 10.8 Å². The van der Waals surface area contributed by atoms with Crippen molar-refractivity contribution in [1.82, 2.24) is 4.90 Å². The second-order valence-electron chi connectivity index (χ2n) is 4.57. The van der Waals surface area contributed by atoms with Gasteiger partial charge in [-0.3, -0.25) is 4.79 Å². The van der Waals surface area contributed by atoms with Gasteiger partial charge in [0.25, 0.3) is 0 Å². The number of hydrogen-bond donors (Lipinski definition) is 2. The molecule has 0 aromatic rings. The third-order valence-corrected chi connectivity index (χ3v) is 3.04. The van der Waals surface area contributed by atoms with Gasteiger partial charge in [0, 0.05) is 13.1 Å². The minimum atomic E-state index is -0.732. The first kappa shape index (κ1) is 12.5. The van der Waals surface area contributed by atoms with Gasteiger partial charge in [0.15, 0.2) is 0 Å². The molecule has 88 valence electrons. The predicted molar refractivity (Wildman–Crippen MR) is 59.3 cm³/mol. The predicted octanol–water partition coefficient (Wildman–Crippen LogP) is 0.345. The Bertz CT molecular complexity index is 219. The highest BCUT2D eigenvalue weighted by Gasteiger charge is 2.45. The van der Waals surface area contributed by atoms with Crippen LogP contribution in [0.1, 0.15) is 33.1 Å². The topological polar surface area (TPSA) is 66.6 Å². The van der Waals surface area contributed by atoms with E-state index in [1.807, 2.05) is 13.8 Å². The van der Waals surface area contributed by atoms with Crippen molar-refractivity contribution in [3.8, 4) is 0 Å². The number of aliphatic hydroxyl groups is 1. The van der Waals surface area contributed by atoms with Crippen LogP contribution in [0.5, 0.6) is 0 Å². The van der Waals surface area contributed by atoms with E-state index in [0.717, 1.165) is 19.3 Å². The fourth-order valence-corrected chi connectivity index (χ4v) is 1.90. The van der Waals surface area contributed by atoms with Crippen LogP contribution in [0.15, 0.2) is 0 Å². The molecule has 4 nitrogen and oxygen atoms in total. The first-order valence-electron chi connectivity index (χ1n) is 5.73. The van der Waals surface area contributed by atoms with Crippen molar-refractivity contribution in [2.24, 2.45) is 11.7 Å². The first-order chi connectivity index (χ1) is 7.04. The van der Waals surface area contributed by atoms with Crippen molar-refractivity contribution in [2.75, 3.05) is 19.7 Å². The second-order valence-corrected chi connectivity index (χ2v) is 4.57. The number of aliphatic hydroxyl groups excluding tert-OH is 1. The van der Waals surface area contributed by atoms with Crippen LogP contribution in [-0.2, 0) is 4.79 Å². The van der Waals surface area contributed by atoms with E-state index < -0.39 is 5.54 Å². The van der Waals surface area contributed by atoms with E-state index in [0.29, 0.717) is 19.0 Å². The lowest BCUT2D eigenvalue weighted by molar-refractivity contribution is -0.137. The second kappa shape index (κ2) is 4.94. The molecule has 0 spiro atoms. The maximum absolute atomic E-state index is 12.1. The van der Waals surface area contributed by atoms with Gasteiger partial charge in [-0.05, 0) is 32.1 Å². The molecule has 1 rings (SSSR count). The van der Waals surface area contributed by atoms with Crippen molar-refractivity contribution in [3.05, 3.63) is 0 Å². The Labute approximate surface area is 91.4 Å². The van der Waals surface area contributed by atoms with E-state index in [1.54, 1.807) is 4.90 Å². The molecule has 1 amide bonds. The van der Waals surface area contributed by atoms with Gasteiger partial charge >= 0.3 is 0 Å². The van der Waals surface area contributed by atoms with Gasteiger partial charge in [-0.2, -0.15) is 0 Å². The van der Waals surface area contributed by atoms with E-state index in [1.165, 1.54) is 0 Å². The summed E-state index contributed by atoms with van der Waals surface area (Å²) in [7, 11) is 0. The third kappa shape index (κ3) is 2.92. The van der Waals surface area contributed by atoms with Gasteiger partial charge in [-0.25, -0.2) is 0 Å². The summed E-state index contributed by atoms with van der Waals surface area (Å²) in [6.07, 6.45) is 3.00. The van der Waals surface area contributed by atoms with Gasteiger partial charge in [-0.15, -0.1) is 0 Å². The van der Waals surface area contributed by atoms with Crippen molar-refractivity contribution in [2.45, 2.75) is 38.6 Å². The molecule has 0 bridgehead atoms. The Hall–Kier alpha value is -0.610. The number of carbonyl (C=O) groups is 1. The average molecular weight is 214 g/mol. The highest BCUT2D eigenvalue weighted by atomic mass is 16.3. The molecule has 1 fully saturated rings. The Morgan fingerprint density at radius 1 is 1.53 bits per heavy atom. The quantitative estimate of drug-likeness (QED) is 0.670. The number of amides is 1.